The number of hydrogen-bond donors (Lipinski definition) is 1. The van der Waals surface area contributed by atoms with E-state index in [0.29, 0.717) is 17.3 Å². The molecule has 1 aromatic carbocycles. The number of unbranched alkanes of at least 4 members (excludes halogenated alkanes) is 3. The average Bonchev–Trinajstić information content (AvgIpc) is 2.34. The van der Waals surface area contributed by atoms with Gasteiger partial charge in [0.1, 0.15) is 0 Å². The normalized spacial score (nSPS) is 11.7. The van der Waals surface area contributed by atoms with Crippen molar-refractivity contribution in [1.82, 2.24) is 4.72 Å². The molecular formula is C13H20ClNO2S. The summed E-state index contributed by atoms with van der Waals surface area (Å²) in [5, 5.41) is 0. The minimum Gasteiger partial charge on any atom is -0.211 e. The number of benzene rings is 1. The molecular weight excluding hydrogens is 270 g/mol. The van der Waals surface area contributed by atoms with E-state index in [1.807, 2.05) is 6.07 Å². The fourth-order valence-corrected chi connectivity index (χ4v) is 3.22. The Morgan fingerprint density at radius 1 is 1.11 bits per heavy atom. The smallest absolute Gasteiger partial charge is 0.211 e. The Kier molecular flexibility index (Phi) is 6.68. The van der Waals surface area contributed by atoms with Gasteiger partial charge in [0, 0.05) is 12.4 Å². The molecule has 0 aliphatic carbocycles. The van der Waals surface area contributed by atoms with Gasteiger partial charge < -0.3 is 0 Å². The summed E-state index contributed by atoms with van der Waals surface area (Å²) in [4.78, 5) is 0.366. The van der Waals surface area contributed by atoms with Crippen LogP contribution in [0.4, 0.5) is 0 Å². The molecule has 0 aromatic heterocycles. The fraction of sp³-hybridized carbons (Fsp3) is 0.538. The lowest BCUT2D eigenvalue weighted by atomic mass is 10.2. The number of rotatable bonds is 8. The molecule has 1 rings (SSSR count). The summed E-state index contributed by atoms with van der Waals surface area (Å²) in [5.74, 6) is 0.676. The fourth-order valence-electron chi connectivity index (χ4n) is 1.72. The van der Waals surface area contributed by atoms with Gasteiger partial charge in [-0.25, -0.2) is 13.1 Å². The van der Waals surface area contributed by atoms with Crippen LogP contribution in [0, 0.1) is 6.92 Å². The number of sulfonamides is 1. The summed E-state index contributed by atoms with van der Waals surface area (Å²) < 4.78 is 26.7. The lowest BCUT2D eigenvalue weighted by Crippen LogP contribution is -2.25. The molecule has 0 aliphatic rings. The molecule has 0 unspecified atom stereocenters. The molecule has 0 saturated heterocycles. The van der Waals surface area contributed by atoms with Gasteiger partial charge in [0.15, 0.2) is 0 Å². The van der Waals surface area contributed by atoms with E-state index >= 15 is 0 Å². The maximum absolute atomic E-state index is 12.0. The third kappa shape index (κ3) is 4.96. The van der Waals surface area contributed by atoms with E-state index in [1.165, 1.54) is 0 Å². The van der Waals surface area contributed by atoms with Crippen molar-refractivity contribution in [2.45, 2.75) is 37.5 Å². The van der Waals surface area contributed by atoms with Crippen LogP contribution in [-0.2, 0) is 10.0 Å². The summed E-state index contributed by atoms with van der Waals surface area (Å²) >= 11 is 5.57. The first-order chi connectivity index (χ1) is 8.58. The third-order valence-corrected chi connectivity index (χ3v) is 4.62. The van der Waals surface area contributed by atoms with Gasteiger partial charge in [-0.3, -0.25) is 0 Å². The van der Waals surface area contributed by atoms with Crippen LogP contribution in [0.25, 0.3) is 0 Å². The maximum Gasteiger partial charge on any atom is 0.240 e. The van der Waals surface area contributed by atoms with E-state index in [1.54, 1.807) is 25.1 Å². The number of hydrogen-bond acceptors (Lipinski definition) is 2. The van der Waals surface area contributed by atoms with Crippen LogP contribution in [0.1, 0.15) is 31.2 Å². The zero-order valence-electron chi connectivity index (χ0n) is 10.7. The van der Waals surface area contributed by atoms with Crippen LogP contribution >= 0.6 is 11.6 Å². The summed E-state index contributed by atoms with van der Waals surface area (Å²) in [7, 11) is -3.36. The van der Waals surface area contributed by atoms with Gasteiger partial charge in [-0.1, -0.05) is 31.0 Å². The first-order valence-corrected chi connectivity index (χ1v) is 8.21. The van der Waals surface area contributed by atoms with Gasteiger partial charge in [0.05, 0.1) is 4.90 Å². The van der Waals surface area contributed by atoms with Crippen molar-refractivity contribution in [3.63, 3.8) is 0 Å². The van der Waals surface area contributed by atoms with E-state index in [4.69, 9.17) is 11.6 Å². The molecule has 0 fully saturated rings. The standard InChI is InChI=1S/C13H20ClNO2S/c1-12-8-4-5-9-13(12)18(16,17)15-11-7-3-2-6-10-14/h4-5,8-9,15H,2-3,6-7,10-11H2,1H3. The maximum atomic E-state index is 12.0. The van der Waals surface area contributed by atoms with Crippen molar-refractivity contribution in [2.24, 2.45) is 0 Å². The molecule has 1 N–H and O–H groups in total. The van der Waals surface area contributed by atoms with Crippen molar-refractivity contribution in [3.05, 3.63) is 29.8 Å². The summed E-state index contributed by atoms with van der Waals surface area (Å²) in [6.45, 7) is 2.29. The van der Waals surface area contributed by atoms with Gasteiger partial charge >= 0.3 is 0 Å². The van der Waals surface area contributed by atoms with E-state index < -0.39 is 10.0 Å². The van der Waals surface area contributed by atoms with Gasteiger partial charge in [-0.2, -0.15) is 0 Å². The average molecular weight is 290 g/mol. The Morgan fingerprint density at radius 2 is 1.78 bits per heavy atom. The molecule has 5 heteroatoms. The second kappa shape index (κ2) is 7.77. The molecule has 18 heavy (non-hydrogen) atoms. The second-order valence-corrected chi connectivity index (χ2v) is 6.38. The number of alkyl halides is 1. The number of nitrogens with one attached hydrogen (secondary N) is 1. The quantitative estimate of drug-likeness (QED) is 0.590. The highest BCUT2D eigenvalue weighted by atomic mass is 35.5. The van der Waals surface area contributed by atoms with E-state index in [9.17, 15) is 8.42 Å². The SMILES string of the molecule is Cc1ccccc1S(=O)(=O)NCCCCCCCl. The van der Waals surface area contributed by atoms with Crippen molar-refractivity contribution in [2.75, 3.05) is 12.4 Å². The van der Waals surface area contributed by atoms with Gasteiger partial charge in [-0.05, 0) is 31.4 Å². The summed E-state index contributed by atoms with van der Waals surface area (Å²) in [6, 6.07) is 7.00. The third-order valence-electron chi connectivity index (χ3n) is 2.74. The highest BCUT2D eigenvalue weighted by Gasteiger charge is 2.14. The van der Waals surface area contributed by atoms with Crippen LogP contribution in [0.3, 0.4) is 0 Å². The van der Waals surface area contributed by atoms with E-state index in [2.05, 4.69) is 4.72 Å². The lowest BCUT2D eigenvalue weighted by Gasteiger charge is -2.08. The predicted octanol–water partition coefficient (Wildman–Crippen LogP) is 3.07. The Labute approximate surface area is 115 Å². The molecule has 0 spiro atoms. The van der Waals surface area contributed by atoms with Crippen LogP contribution in [0.15, 0.2) is 29.2 Å². The molecule has 1 aromatic rings. The topological polar surface area (TPSA) is 46.2 Å². The molecule has 0 saturated carbocycles. The van der Waals surface area contributed by atoms with Gasteiger partial charge in [0.2, 0.25) is 10.0 Å². The molecule has 0 bridgehead atoms. The minimum absolute atomic E-state index is 0.366. The highest BCUT2D eigenvalue weighted by Crippen LogP contribution is 2.13. The monoisotopic (exact) mass is 289 g/mol. The Hall–Kier alpha value is -0.580. The zero-order valence-corrected chi connectivity index (χ0v) is 12.2. The van der Waals surface area contributed by atoms with E-state index in [0.717, 1.165) is 31.2 Å². The first-order valence-electron chi connectivity index (χ1n) is 6.19. The van der Waals surface area contributed by atoms with Crippen molar-refractivity contribution in [1.29, 1.82) is 0 Å². The molecule has 3 nitrogen and oxygen atoms in total. The highest BCUT2D eigenvalue weighted by molar-refractivity contribution is 7.89. The number of aryl methyl sites for hydroxylation is 1. The zero-order chi connectivity index (χ0) is 13.4. The molecule has 0 aliphatic heterocycles. The largest absolute Gasteiger partial charge is 0.240 e. The molecule has 0 amide bonds. The van der Waals surface area contributed by atoms with Crippen LogP contribution in [0.2, 0.25) is 0 Å². The van der Waals surface area contributed by atoms with Gasteiger partial charge in [0.25, 0.3) is 0 Å². The van der Waals surface area contributed by atoms with Gasteiger partial charge in [-0.15, -0.1) is 11.6 Å². The Bertz CT molecular complexity index is 460. The van der Waals surface area contributed by atoms with Crippen molar-refractivity contribution in [3.8, 4) is 0 Å². The Balaban J connectivity index is 2.44. The molecule has 0 atom stereocenters. The molecule has 0 radical (unpaired) electrons. The lowest BCUT2D eigenvalue weighted by molar-refractivity contribution is 0.573. The van der Waals surface area contributed by atoms with Crippen LogP contribution in [-0.4, -0.2) is 20.8 Å². The Morgan fingerprint density at radius 3 is 2.44 bits per heavy atom. The number of halogens is 1. The second-order valence-electron chi connectivity index (χ2n) is 4.27. The van der Waals surface area contributed by atoms with Crippen LogP contribution in [0.5, 0.6) is 0 Å². The summed E-state index contributed by atoms with van der Waals surface area (Å²) in [5.41, 5.74) is 0.771. The van der Waals surface area contributed by atoms with Crippen LogP contribution < -0.4 is 4.72 Å². The van der Waals surface area contributed by atoms with Crippen molar-refractivity contribution < 1.29 is 8.42 Å². The van der Waals surface area contributed by atoms with E-state index in [-0.39, 0.29) is 0 Å². The molecule has 0 heterocycles. The van der Waals surface area contributed by atoms with Crippen molar-refractivity contribution >= 4 is 21.6 Å². The summed E-state index contributed by atoms with van der Waals surface area (Å²) in [6.07, 6.45) is 3.90. The first kappa shape index (κ1) is 15.5. The molecule has 102 valence electrons. The minimum atomic E-state index is -3.36. The predicted molar refractivity (Wildman–Crippen MR) is 75.6 cm³/mol.